The van der Waals surface area contributed by atoms with Crippen LogP contribution in [0.1, 0.15) is 24.2 Å². The number of nitrogens with one attached hydrogen (secondary N) is 1. The third-order valence-corrected chi connectivity index (χ3v) is 3.33. The monoisotopic (exact) mass is 271 g/mol. The summed E-state index contributed by atoms with van der Waals surface area (Å²) in [7, 11) is -4.11. The maximum atomic E-state index is 11.9. The second-order valence-electron chi connectivity index (χ2n) is 4.44. The van der Waals surface area contributed by atoms with Gasteiger partial charge in [0.05, 0.1) is 5.75 Å². The molecule has 0 aliphatic carbocycles. The number of hydrogen-bond donors (Lipinski definition) is 2. The molecule has 1 aromatic rings. The van der Waals surface area contributed by atoms with Crippen LogP contribution in [0.25, 0.3) is 0 Å². The molecule has 0 bridgehead atoms. The van der Waals surface area contributed by atoms with Crippen LogP contribution in [0.4, 0.5) is 0 Å². The standard InChI is InChI=1S/C12H17NO4S/c1-9(2)11(8-18(15,16)17)13-12(14)10-6-4-3-5-7-10/h3-7,9,11H,8H2,1-2H3,(H,13,14)(H,15,16,17). The van der Waals surface area contributed by atoms with E-state index >= 15 is 0 Å². The molecule has 0 heterocycles. The highest BCUT2D eigenvalue weighted by Gasteiger charge is 2.22. The van der Waals surface area contributed by atoms with Crippen LogP contribution >= 0.6 is 0 Å². The van der Waals surface area contributed by atoms with Crippen LogP contribution in [0.2, 0.25) is 0 Å². The van der Waals surface area contributed by atoms with Crippen LogP contribution in [-0.2, 0) is 10.1 Å². The molecule has 5 nitrogen and oxygen atoms in total. The number of carbonyl (C=O) groups is 1. The van der Waals surface area contributed by atoms with Gasteiger partial charge in [0.2, 0.25) is 0 Å². The Morgan fingerprint density at radius 3 is 2.28 bits per heavy atom. The SMILES string of the molecule is CC(C)C(CS(=O)(=O)O)NC(=O)c1ccccc1. The fourth-order valence-electron chi connectivity index (χ4n) is 1.47. The molecule has 2 N–H and O–H groups in total. The van der Waals surface area contributed by atoms with Crippen LogP contribution in [-0.4, -0.2) is 30.7 Å². The first-order valence-electron chi connectivity index (χ1n) is 5.60. The Balaban J connectivity index is 2.76. The lowest BCUT2D eigenvalue weighted by Crippen LogP contribution is -2.43. The van der Waals surface area contributed by atoms with Gasteiger partial charge in [0.15, 0.2) is 0 Å². The van der Waals surface area contributed by atoms with E-state index < -0.39 is 21.9 Å². The van der Waals surface area contributed by atoms with Crippen LogP contribution in [0, 0.1) is 5.92 Å². The molecule has 0 radical (unpaired) electrons. The van der Waals surface area contributed by atoms with Crippen molar-refractivity contribution >= 4 is 16.0 Å². The van der Waals surface area contributed by atoms with E-state index in [1.807, 2.05) is 0 Å². The van der Waals surface area contributed by atoms with Gasteiger partial charge in [-0.05, 0) is 18.1 Å². The van der Waals surface area contributed by atoms with E-state index in [1.165, 1.54) is 0 Å². The third kappa shape index (κ3) is 4.85. The van der Waals surface area contributed by atoms with Crippen molar-refractivity contribution in [3.63, 3.8) is 0 Å². The largest absolute Gasteiger partial charge is 0.348 e. The molecule has 1 aromatic carbocycles. The van der Waals surface area contributed by atoms with Crippen LogP contribution in [0.5, 0.6) is 0 Å². The molecule has 0 saturated carbocycles. The Bertz CT molecular complexity index is 496. The minimum atomic E-state index is -4.11. The van der Waals surface area contributed by atoms with Crippen LogP contribution < -0.4 is 5.32 Å². The second kappa shape index (κ2) is 5.97. The van der Waals surface area contributed by atoms with Crippen molar-refractivity contribution in [3.05, 3.63) is 35.9 Å². The summed E-state index contributed by atoms with van der Waals surface area (Å²) >= 11 is 0. The molecule has 0 aliphatic rings. The first kappa shape index (κ1) is 14.7. The highest BCUT2D eigenvalue weighted by molar-refractivity contribution is 7.85. The van der Waals surface area contributed by atoms with Crippen molar-refractivity contribution in [2.75, 3.05) is 5.75 Å². The molecule has 100 valence electrons. The Morgan fingerprint density at radius 1 is 1.28 bits per heavy atom. The molecule has 6 heteroatoms. The average Bonchev–Trinajstić information content (AvgIpc) is 2.27. The zero-order valence-electron chi connectivity index (χ0n) is 10.3. The Morgan fingerprint density at radius 2 is 1.83 bits per heavy atom. The van der Waals surface area contributed by atoms with E-state index in [4.69, 9.17) is 4.55 Å². The molecule has 0 saturated heterocycles. The molecule has 0 fully saturated rings. The first-order valence-corrected chi connectivity index (χ1v) is 7.21. The fraction of sp³-hybridized carbons (Fsp3) is 0.417. The van der Waals surface area contributed by atoms with E-state index in [-0.39, 0.29) is 11.8 Å². The zero-order valence-corrected chi connectivity index (χ0v) is 11.1. The highest BCUT2D eigenvalue weighted by atomic mass is 32.2. The van der Waals surface area contributed by atoms with Gasteiger partial charge in [-0.1, -0.05) is 32.0 Å². The molecule has 1 unspecified atom stereocenters. The van der Waals surface area contributed by atoms with Gasteiger partial charge in [0, 0.05) is 11.6 Å². The Labute approximate surface area is 107 Å². The minimum Gasteiger partial charge on any atom is -0.348 e. The normalized spacial score (nSPS) is 13.3. The zero-order chi connectivity index (χ0) is 13.8. The molecule has 0 spiro atoms. The smallest absolute Gasteiger partial charge is 0.266 e. The summed E-state index contributed by atoms with van der Waals surface area (Å²) in [6.45, 7) is 3.56. The predicted octanol–water partition coefficient (Wildman–Crippen LogP) is 1.33. The number of rotatable bonds is 5. The van der Waals surface area contributed by atoms with Gasteiger partial charge in [-0.15, -0.1) is 0 Å². The van der Waals surface area contributed by atoms with Crippen LogP contribution in [0.15, 0.2) is 30.3 Å². The van der Waals surface area contributed by atoms with Crippen molar-refractivity contribution in [3.8, 4) is 0 Å². The number of hydrogen-bond acceptors (Lipinski definition) is 3. The summed E-state index contributed by atoms with van der Waals surface area (Å²) in [6.07, 6.45) is 0. The molecular formula is C12H17NO4S. The lowest BCUT2D eigenvalue weighted by atomic mass is 10.1. The summed E-state index contributed by atoms with van der Waals surface area (Å²) in [4.78, 5) is 11.9. The quantitative estimate of drug-likeness (QED) is 0.791. The maximum absolute atomic E-state index is 11.9. The van der Waals surface area contributed by atoms with Crippen molar-refractivity contribution in [2.24, 2.45) is 5.92 Å². The first-order chi connectivity index (χ1) is 8.29. The molecule has 18 heavy (non-hydrogen) atoms. The van der Waals surface area contributed by atoms with E-state index in [1.54, 1.807) is 44.2 Å². The van der Waals surface area contributed by atoms with E-state index in [9.17, 15) is 13.2 Å². The van der Waals surface area contributed by atoms with E-state index in [0.29, 0.717) is 5.56 Å². The van der Waals surface area contributed by atoms with Gasteiger partial charge in [0.25, 0.3) is 16.0 Å². The van der Waals surface area contributed by atoms with Gasteiger partial charge in [-0.25, -0.2) is 0 Å². The molecule has 0 aliphatic heterocycles. The minimum absolute atomic E-state index is 0.0976. The molecule has 0 aromatic heterocycles. The average molecular weight is 271 g/mol. The number of amides is 1. The van der Waals surface area contributed by atoms with Gasteiger partial charge >= 0.3 is 0 Å². The number of benzene rings is 1. The van der Waals surface area contributed by atoms with Gasteiger partial charge in [-0.3, -0.25) is 9.35 Å². The van der Waals surface area contributed by atoms with Crippen molar-refractivity contribution in [1.82, 2.24) is 5.32 Å². The highest BCUT2D eigenvalue weighted by Crippen LogP contribution is 2.07. The predicted molar refractivity (Wildman–Crippen MR) is 68.9 cm³/mol. The molecule has 1 amide bonds. The summed E-state index contributed by atoms with van der Waals surface area (Å²) < 4.78 is 30.6. The summed E-state index contributed by atoms with van der Waals surface area (Å²) in [5.41, 5.74) is 0.457. The number of carbonyl (C=O) groups excluding carboxylic acids is 1. The van der Waals surface area contributed by atoms with Crippen molar-refractivity contribution < 1.29 is 17.8 Å². The topological polar surface area (TPSA) is 83.5 Å². The molecular weight excluding hydrogens is 254 g/mol. The fourth-order valence-corrected chi connectivity index (χ4v) is 2.39. The maximum Gasteiger partial charge on any atom is 0.266 e. The summed E-state index contributed by atoms with van der Waals surface area (Å²) in [5, 5.41) is 2.61. The summed E-state index contributed by atoms with van der Waals surface area (Å²) in [6, 6.07) is 7.90. The van der Waals surface area contributed by atoms with Gasteiger partial charge in [0.1, 0.15) is 0 Å². The summed E-state index contributed by atoms with van der Waals surface area (Å²) in [5.74, 6) is -0.930. The lowest BCUT2D eigenvalue weighted by Gasteiger charge is -2.20. The van der Waals surface area contributed by atoms with Crippen molar-refractivity contribution in [2.45, 2.75) is 19.9 Å². The van der Waals surface area contributed by atoms with Gasteiger partial charge < -0.3 is 5.32 Å². The second-order valence-corrected chi connectivity index (χ2v) is 5.94. The van der Waals surface area contributed by atoms with Crippen molar-refractivity contribution in [1.29, 1.82) is 0 Å². The lowest BCUT2D eigenvalue weighted by molar-refractivity contribution is 0.0931. The third-order valence-electron chi connectivity index (χ3n) is 2.55. The van der Waals surface area contributed by atoms with Gasteiger partial charge in [-0.2, -0.15) is 8.42 Å². The van der Waals surface area contributed by atoms with E-state index in [0.717, 1.165) is 0 Å². The molecule has 1 rings (SSSR count). The Hall–Kier alpha value is -1.40. The van der Waals surface area contributed by atoms with Crippen LogP contribution in [0.3, 0.4) is 0 Å². The Kier molecular flexibility index (Phi) is 4.86. The molecule has 1 atom stereocenters. The van der Waals surface area contributed by atoms with E-state index in [2.05, 4.69) is 5.32 Å².